The molecule has 1 aliphatic heterocycles. The van der Waals surface area contributed by atoms with Crippen LogP contribution >= 0.6 is 0 Å². The Hall–Kier alpha value is -1.72. The molecule has 0 saturated heterocycles. The molecular formula is C12H19NO5. The van der Waals surface area contributed by atoms with Gasteiger partial charge in [0.05, 0.1) is 19.2 Å². The van der Waals surface area contributed by atoms with Crippen LogP contribution in [0.15, 0.2) is 11.3 Å². The largest absolute Gasteiger partial charge is 0.510 e. The van der Waals surface area contributed by atoms with Crippen LogP contribution < -0.4 is 0 Å². The summed E-state index contributed by atoms with van der Waals surface area (Å²) in [7, 11) is 1.25. The van der Waals surface area contributed by atoms with Crippen molar-refractivity contribution in [2.24, 2.45) is 0 Å². The quantitative estimate of drug-likeness (QED) is 0.722. The van der Waals surface area contributed by atoms with Crippen LogP contribution in [0.2, 0.25) is 0 Å². The molecule has 0 radical (unpaired) electrons. The van der Waals surface area contributed by atoms with Crippen molar-refractivity contribution in [3.63, 3.8) is 0 Å². The van der Waals surface area contributed by atoms with Crippen LogP contribution in [-0.2, 0) is 14.3 Å². The van der Waals surface area contributed by atoms with Crippen LogP contribution in [-0.4, -0.2) is 47.9 Å². The second kappa shape index (κ2) is 5.29. The van der Waals surface area contributed by atoms with E-state index in [1.165, 1.54) is 12.0 Å². The molecule has 0 bridgehead atoms. The number of amides is 1. The van der Waals surface area contributed by atoms with Crippen LogP contribution in [0.5, 0.6) is 0 Å². The summed E-state index contributed by atoms with van der Waals surface area (Å²) in [5, 5.41) is 9.72. The molecule has 6 heteroatoms. The Bertz CT molecular complexity index is 380. The van der Waals surface area contributed by atoms with Crippen LogP contribution in [0.3, 0.4) is 0 Å². The minimum atomic E-state index is -0.584. The third-order valence-electron chi connectivity index (χ3n) is 2.40. The van der Waals surface area contributed by atoms with E-state index in [0.29, 0.717) is 6.54 Å². The average molecular weight is 257 g/mol. The number of hydrogen-bond acceptors (Lipinski definition) is 5. The van der Waals surface area contributed by atoms with E-state index in [1.54, 1.807) is 20.8 Å². The van der Waals surface area contributed by atoms with Gasteiger partial charge in [0.25, 0.3) is 0 Å². The average Bonchev–Trinajstić information content (AvgIpc) is 2.25. The number of carbonyl (C=O) groups excluding carboxylic acids is 2. The number of rotatable bonds is 1. The first-order chi connectivity index (χ1) is 8.24. The van der Waals surface area contributed by atoms with Crippen molar-refractivity contribution in [2.45, 2.75) is 32.8 Å². The maximum Gasteiger partial charge on any atom is 0.410 e. The fraction of sp³-hybridized carbons (Fsp3) is 0.667. The Kier molecular flexibility index (Phi) is 4.21. The Labute approximate surface area is 106 Å². The number of ether oxygens (including phenoxy) is 2. The number of aliphatic hydroxyl groups is 1. The molecule has 0 unspecified atom stereocenters. The monoisotopic (exact) mass is 257 g/mol. The van der Waals surface area contributed by atoms with E-state index in [1.807, 2.05) is 0 Å². The van der Waals surface area contributed by atoms with Gasteiger partial charge in [-0.3, -0.25) is 0 Å². The first kappa shape index (κ1) is 14.3. The molecule has 102 valence electrons. The van der Waals surface area contributed by atoms with Gasteiger partial charge in [-0.1, -0.05) is 0 Å². The third kappa shape index (κ3) is 3.65. The lowest BCUT2D eigenvalue weighted by Crippen LogP contribution is -2.41. The van der Waals surface area contributed by atoms with Gasteiger partial charge in [-0.15, -0.1) is 0 Å². The van der Waals surface area contributed by atoms with Crippen molar-refractivity contribution < 1.29 is 24.2 Å². The lowest BCUT2D eigenvalue weighted by atomic mass is 10.1. The molecule has 0 fully saturated rings. The molecule has 1 heterocycles. The maximum atomic E-state index is 11.8. The van der Waals surface area contributed by atoms with Crippen molar-refractivity contribution in [3.05, 3.63) is 11.3 Å². The van der Waals surface area contributed by atoms with Crippen molar-refractivity contribution >= 4 is 12.1 Å². The molecule has 0 atom stereocenters. The van der Waals surface area contributed by atoms with Gasteiger partial charge in [-0.05, 0) is 20.8 Å². The van der Waals surface area contributed by atoms with Crippen LogP contribution in [0, 0.1) is 0 Å². The molecule has 18 heavy (non-hydrogen) atoms. The van der Waals surface area contributed by atoms with Crippen LogP contribution in [0.1, 0.15) is 27.2 Å². The molecule has 1 aliphatic rings. The van der Waals surface area contributed by atoms with Gasteiger partial charge >= 0.3 is 12.1 Å². The first-order valence-corrected chi connectivity index (χ1v) is 5.72. The summed E-state index contributed by atoms with van der Waals surface area (Å²) >= 11 is 0. The highest BCUT2D eigenvalue weighted by Crippen LogP contribution is 2.19. The molecule has 0 aromatic rings. The topological polar surface area (TPSA) is 76.1 Å². The fourth-order valence-corrected chi connectivity index (χ4v) is 1.57. The van der Waals surface area contributed by atoms with E-state index in [4.69, 9.17) is 4.74 Å². The Morgan fingerprint density at radius 3 is 2.39 bits per heavy atom. The summed E-state index contributed by atoms with van der Waals surface area (Å²) in [5.41, 5.74) is -0.365. The number of esters is 1. The van der Waals surface area contributed by atoms with Gasteiger partial charge in [-0.25, -0.2) is 9.59 Å². The second-order valence-electron chi connectivity index (χ2n) is 5.07. The Morgan fingerprint density at radius 1 is 1.33 bits per heavy atom. The molecule has 0 aliphatic carbocycles. The highest BCUT2D eigenvalue weighted by Gasteiger charge is 2.29. The number of carbonyl (C=O) groups is 2. The fourth-order valence-electron chi connectivity index (χ4n) is 1.57. The van der Waals surface area contributed by atoms with E-state index in [9.17, 15) is 14.7 Å². The van der Waals surface area contributed by atoms with Gasteiger partial charge in [0.2, 0.25) is 0 Å². The summed E-state index contributed by atoms with van der Waals surface area (Å²) in [6.45, 7) is 5.60. The zero-order chi connectivity index (χ0) is 13.9. The number of aliphatic hydroxyl groups excluding tert-OH is 1. The Morgan fingerprint density at radius 2 is 1.94 bits per heavy atom. The molecule has 6 nitrogen and oxygen atoms in total. The molecule has 0 spiro atoms. The van der Waals surface area contributed by atoms with Gasteiger partial charge in [0.1, 0.15) is 11.4 Å². The van der Waals surface area contributed by atoms with Gasteiger partial charge in [-0.2, -0.15) is 0 Å². The summed E-state index contributed by atoms with van der Waals surface area (Å²) in [6.07, 6.45) is -0.240. The molecule has 1 amide bonds. The van der Waals surface area contributed by atoms with Crippen molar-refractivity contribution in [1.82, 2.24) is 4.90 Å². The summed E-state index contributed by atoms with van der Waals surface area (Å²) < 4.78 is 9.73. The zero-order valence-electron chi connectivity index (χ0n) is 11.1. The highest BCUT2D eigenvalue weighted by atomic mass is 16.6. The lowest BCUT2D eigenvalue weighted by Gasteiger charge is -2.30. The first-order valence-electron chi connectivity index (χ1n) is 5.72. The normalized spacial score (nSPS) is 16.6. The Balaban J connectivity index is 2.69. The second-order valence-corrected chi connectivity index (χ2v) is 5.07. The number of hydrogen-bond donors (Lipinski definition) is 1. The molecule has 1 rings (SSSR count). The van der Waals surface area contributed by atoms with Gasteiger partial charge in [0.15, 0.2) is 0 Å². The van der Waals surface area contributed by atoms with E-state index in [2.05, 4.69) is 4.74 Å². The highest BCUT2D eigenvalue weighted by molar-refractivity contribution is 5.89. The molecule has 0 aromatic carbocycles. The lowest BCUT2D eigenvalue weighted by molar-refractivity contribution is -0.136. The van der Waals surface area contributed by atoms with Crippen molar-refractivity contribution in [3.8, 4) is 0 Å². The molecule has 0 saturated carbocycles. The molecular weight excluding hydrogens is 238 g/mol. The van der Waals surface area contributed by atoms with Gasteiger partial charge in [0, 0.05) is 13.0 Å². The summed E-state index contributed by atoms with van der Waals surface area (Å²) in [5.74, 6) is -0.699. The number of nitrogens with zero attached hydrogens (tertiary/aromatic N) is 1. The minimum absolute atomic E-state index is 0.0284. The van der Waals surface area contributed by atoms with Crippen molar-refractivity contribution in [1.29, 1.82) is 0 Å². The summed E-state index contributed by atoms with van der Waals surface area (Å²) in [6, 6.07) is 0. The van der Waals surface area contributed by atoms with E-state index >= 15 is 0 Å². The maximum absolute atomic E-state index is 11.8. The van der Waals surface area contributed by atoms with Crippen molar-refractivity contribution in [2.75, 3.05) is 20.2 Å². The predicted molar refractivity (Wildman–Crippen MR) is 64.1 cm³/mol. The SMILES string of the molecule is COC(=O)C1=C(O)CN(C(=O)OC(C)(C)C)CC1. The van der Waals surface area contributed by atoms with Crippen LogP contribution in [0.4, 0.5) is 4.79 Å². The van der Waals surface area contributed by atoms with E-state index < -0.39 is 17.7 Å². The minimum Gasteiger partial charge on any atom is -0.510 e. The molecule has 0 aromatic heterocycles. The smallest absolute Gasteiger partial charge is 0.410 e. The number of methoxy groups -OCH3 is 1. The van der Waals surface area contributed by atoms with E-state index in [0.717, 1.165) is 0 Å². The third-order valence-corrected chi connectivity index (χ3v) is 2.40. The standard InChI is InChI=1S/C12H19NO5/c1-12(2,3)18-11(16)13-6-5-8(9(14)7-13)10(15)17-4/h14H,5-7H2,1-4H3. The predicted octanol–water partition coefficient (Wildman–Crippen LogP) is 1.61. The molecule has 1 N–H and O–H groups in total. The van der Waals surface area contributed by atoms with E-state index in [-0.39, 0.29) is 24.3 Å². The zero-order valence-corrected chi connectivity index (χ0v) is 11.1. The summed E-state index contributed by atoms with van der Waals surface area (Å²) in [4.78, 5) is 24.4. The van der Waals surface area contributed by atoms with Gasteiger partial charge < -0.3 is 19.5 Å². The van der Waals surface area contributed by atoms with Crippen LogP contribution in [0.25, 0.3) is 0 Å².